The molecule has 0 amide bonds. The van der Waals surface area contributed by atoms with E-state index in [1.807, 2.05) is 48.7 Å². The van der Waals surface area contributed by atoms with Crippen molar-refractivity contribution in [3.8, 4) is 0 Å². The molecule has 0 saturated heterocycles. The van der Waals surface area contributed by atoms with Gasteiger partial charge in [0.2, 0.25) is 0 Å². The van der Waals surface area contributed by atoms with Crippen molar-refractivity contribution in [3.05, 3.63) is 57.2 Å². The van der Waals surface area contributed by atoms with Crippen LogP contribution in [0.5, 0.6) is 0 Å². The summed E-state index contributed by atoms with van der Waals surface area (Å²) in [7, 11) is 0. The van der Waals surface area contributed by atoms with Crippen LogP contribution in [-0.4, -0.2) is 11.1 Å². The molecule has 2 aromatic rings. The lowest BCUT2D eigenvalue weighted by Crippen LogP contribution is -2.26. The lowest BCUT2D eigenvalue weighted by Gasteiger charge is -2.22. The molecule has 0 aliphatic carbocycles. The van der Waals surface area contributed by atoms with Gasteiger partial charge in [-0.2, -0.15) is 0 Å². The Hall–Kier alpha value is -1.36. The van der Waals surface area contributed by atoms with Crippen molar-refractivity contribution in [2.75, 3.05) is 0 Å². The minimum atomic E-state index is -0.817. The SMILES string of the molecule is CC(NC(CC(=O)O)c1cccs1)c1ccccc1Cl. The minimum Gasteiger partial charge on any atom is -0.481 e. The van der Waals surface area contributed by atoms with E-state index in [0.717, 1.165) is 10.4 Å². The highest BCUT2D eigenvalue weighted by Crippen LogP contribution is 2.28. The molecule has 2 rings (SSSR count). The molecule has 5 heteroatoms. The Balaban J connectivity index is 2.15. The van der Waals surface area contributed by atoms with Crippen LogP contribution in [0.4, 0.5) is 0 Å². The molecule has 0 spiro atoms. The predicted octanol–water partition coefficient (Wildman–Crippen LogP) is 4.27. The van der Waals surface area contributed by atoms with E-state index in [1.165, 1.54) is 0 Å². The van der Waals surface area contributed by atoms with Gasteiger partial charge in [0.1, 0.15) is 0 Å². The molecule has 0 radical (unpaired) electrons. The molecule has 0 saturated carbocycles. The Morgan fingerprint density at radius 3 is 2.70 bits per heavy atom. The number of benzene rings is 1. The molecule has 1 aromatic heterocycles. The van der Waals surface area contributed by atoms with Crippen LogP contribution in [0.1, 0.15) is 35.9 Å². The number of rotatable bonds is 6. The second kappa shape index (κ2) is 6.88. The van der Waals surface area contributed by atoms with E-state index >= 15 is 0 Å². The third kappa shape index (κ3) is 3.82. The molecule has 106 valence electrons. The average molecular weight is 310 g/mol. The first-order valence-electron chi connectivity index (χ1n) is 6.33. The number of carbonyl (C=O) groups is 1. The number of hydrogen-bond acceptors (Lipinski definition) is 3. The Labute approximate surface area is 127 Å². The van der Waals surface area contributed by atoms with Crippen LogP contribution >= 0.6 is 22.9 Å². The minimum absolute atomic E-state index is 0.0184. The Kier molecular flexibility index (Phi) is 5.17. The molecule has 2 N–H and O–H groups in total. The number of thiophene rings is 1. The topological polar surface area (TPSA) is 49.3 Å². The third-order valence-corrected chi connectivity index (χ3v) is 4.42. The molecule has 0 bridgehead atoms. The zero-order chi connectivity index (χ0) is 14.5. The fourth-order valence-corrected chi connectivity index (χ4v) is 3.21. The summed E-state index contributed by atoms with van der Waals surface area (Å²) in [6, 6.07) is 11.2. The lowest BCUT2D eigenvalue weighted by atomic mass is 10.1. The third-order valence-electron chi connectivity index (χ3n) is 3.09. The fourth-order valence-electron chi connectivity index (χ4n) is 2.12. The maximum Gasteiger partial charge on any atom is 0.305 e. The highest BCUT2D eigenvalue weighted by molar-refractivity contribution is 7.10. The molecule has 0 aliphatic rings. The van der Waals surface area contributed by atoms with E-state index in [-0.39, 0.29) is 18.5 Å². The lowest BCUT2D eigenvalue weighted by molar-refractivity contribution is -0.137. The molecular weight excluding hydrogens is 294 g/mol. The van der Waals surface area contributed by atoms with E-state index in [9.17, 15) is 4.79 Å². The second-order valence-corrected chi connectivity index (χ2v) is 5.96. The predicted molar refractivity (Wildman–Crippen MR) is 82.3 cm³/mol. The Morgan fingerprint density at radius 2 is 2.10 bits per heavy atom. The maximum absolute atomic E-state index is 11.0. The van der Waals surface area contributed by atoms with Crippen LogP contribution < -0.4 is 5.32 Å². The molecule has 0 fully saturated rings. The van der Waals surface area contributed by atoms with Crippen molar-refractivity contribution in [3.63, 3.8) is 0 Å². The zero-order valence-electron chi connectivity index (χ0n) is 11.0. The van der Waals surface area contributed by atoms with Crippen LogP contribution in [0.15, 0.2) is 41.8 Å². The van der Waals surface area contributed by atoms with Crippen molar-refractivity contribution >= 4 is 28.9 Å². The van der Waals surface area contributed by atoms with Gasteiger partial charge in [-0.3, -0.25) is 4.79 Å². The first-order valence-corrected chi connectivity index (χ1v) is 7.59. The van der Waals surface area contributed by atoms with Crippen molar-refractivity contribution in [2.45, 2.75) is 25.4 Å². The van der Waals surface area contributed by atoms with E-state index in [2.05, 4.69) is 5.32 Å². The van der Waals surface area contributed by atoms with Gasteiger partial charge in [0.25, 0.3) is 0 Å². The molecular formula is C15H16ClNO2S. The standard InChI is InChI=1S/C15H16ClNO2S/c1-10(11-5-2-3-6-12(11)16)17-13(9-15(18)19)14-7-4-8-20-14/h2-8,10,13,17H,9H2,1H3,(H,18,19). The van der Waals surface area contributed by atoms with Gasteiger partial charge in [-0.05, 0) is 30.0 Å². The average Bonchev–Trinajstić information content (AvgIpc) is 2.91. The van der Waals surface area contributed by atoms with Crippen LogP contribution in [-0.2, 0) is 4.79 Å². The number of aliphatic carboxylic acids is 1. The van der Waals surface area contributed by atoms with E-state index < -0.39 is 5.97 Å². The van der Waals surface area contributed by atoms with Crippen molar-refractivity contribution in [1.29, 1.82) is 0 Å². The van der Waals surface area contributed by atoms with Gasteiger partial charge in [-0.1, -0.05) is 35.9 Å². The summed E-state index contributed by atoms with van der Waals surface area (Å²) < 4.78 is 0. The van der Waals surface area contributed by atoms with Gasteiger partial charge >= 0.3 is 5.97 Å². The van der Waals surface area contributed by atoms with Gasteiger partial charge in [0.05, 0.1) is 12.5 Å². The number of hydrogen-bond donors (Lipinski definition) is 2. The van der Waals surface area contributed by atoms with Crippen LogP contribution in [0.3, 0.4) is 0 Å². The van der Waals surface area contributed by atoms with Crippen LogP contribution in [0.25, 0.3) is 0 Å². The van der Waals surface area contributed by atoms with Gasteiger partial charge < -0.3 is 10.4 Å². The summed E-state index contributed by atoms with van der Waals surface area (Å²) in [5.41, 5.74) is 0.973. The monoisotopic (exact) mass is 309 g/mol. The van der Waals surface area contributed by atoms with Crippen molar-refractivity contribution in [2.24, 2.45) is 0 Å². The first-order chi connectivity index (χ1) is 9.58. The molecule has 20 heavy (non-hydrogen) atoms. The fraction of sp³-hybridized carbons (Fsp3) is 0.267. The molecule has 1 aromatic carbocycles. The van der Waals surface area contributed by atoms with Gasteiger partial charge in [-0.25, -0.2) is 0 Å². The summed E-state index contributed by atoms with van der Waals surface area (Å²) in [5.74, 6) is -0.817. The van der Waals surface area contributed by atoms with Crippen molar-refractivity contribution in [1.82, 2.24) is 5.32 Å². The normalized spacial score (nSPS) is 13.9. The molecule has 1 heterocycles. The van der Waals surface area contributed by atoms with Gasteiger partial charge in [0.15, 0.2) is 0 Å². The van der Waals surface area contributed by atoms with Gasteiger partial charge in [-0.15, -0.1) is 11.3 Å². The van der Waals surface area contributed by atoms with Gasteiger partial charge in [0, 0.05) is 15.9 Å². The number of carboxylic acids is 1. The number of halogens is 1. The largest absolute Gasteiger partial charge is 0.481 e. The zero-order valence-corrected chi connectivity index (χ0v) is 12.6. The Bertz CT molecular complexity index is 571. The maximum atomic E-state index is 11.0. The molecule has 0 aliphatic heterocycles. The van der Waals surface area contributed by atoms with E-state index in [0.29, 0.717) is 5.02 Å². The van der Waals surface area contributed by atoms with E-state index in [4.69, 9.17) is 16.7 Å². The highest BCUT2D eigenvalue weighted by atomic mass is 35.5. The molecule has 2 atom stereocenters. The number of nitrogens with one attached hydrogen (secondary N) is 1. The summed E-state index contributed by atoms with van der Waals surface area (Å²) >= 11 is 7.74. The Morgan fingerprint density at radius 1 is 1.35 bits per heavy atom. The second-order valence-electron chi connectivity index (χ2n) is 4.58. The van der Waals surface area contributed by atoms with Crippen LogP contribution in [0.2, 0.25) is 5.02 Å². The summed E-state index contributed by atoms with van der Waals surface area (Å²) in [6.07, 6.45) is 0.0509. The van der Waals surface area contributed by atoms with Crippen LogP contribution in [0, 0.1) is 0 Å². The molecule has 3 nitrogen and oxygen atoms in total. The van der Waals surface area contributed by atoms with Crippen molar-refractivity contribution < 1.29 is 9.90 Å². The highest BCUT2D eigenvalue weighted by Gasteiger charge is 2.20. The quantitative estimate of drug-likeness (QED) is 0.838. The smallest absolute Gasteiger partial charge is 0.305 e. The summed E-state index contributed by atoms with van der Waals surface area (Å²) in [4.78, 5) is 12.0. The number of carboxylic acid groups (broad SMARTS) is 1. The summed E-state index contributed by atoms with van der Waals surface area (Å²) in [6.45, 7) is 1.99. The molecule has 2 unspecified atom stereocenters. The first kappa shape index (κ1) is 15.0. The van der Waals surface area contributed by atoms with E-state index in [1.54, 1.807) is 11.3 Å². The summed E-state index contributed by atoms with van der Waals surface area (Å²) in [5, 5.41) is 15.1.